The van der Waals surface area contributed by atoms with Gasteiger partial charge in [-0.15, -0.1) is 0 Å². The monoisotopic (exact) mass is 554 g/mol. The topological polar surface area (TPSA) is 134 Å². The lowest BCUT2D eigenvalue weighted by Crippen LogP contribution is -2.54. The molecule has 2 heterocycles. The van der Waals surface area contributed by atoms with Crippen molar-refractivity contribution < 1.29 is 14.5 Å². The van der Waals surface area contributed by atoms with Crippen molar-refractivity contribution in [2.24, 2.45) is 16.9 Å². The predicted molar refractivity (Wildman–Crippen MR) is 156 cm³/mol. The molecule has 42 heavy (non-hydrogen) atoms. The normalized spacial score (nSPS) is 23.7. The summed E-state index contributed by atoms with van der Waals surface area (Å²) in [6.45, 7) is 0. The van der Waals surface area contributed by atoms with Crippen LogP contribution in [-0.4, -0.2) is 32.9 Å². The van der Waals surface area contributed by atoms with Gasteiger partial charge in [-0.05, 0) is 46.5 Å². The van der Waals surface area contributed by atoms with E-state index in [0.717, 1.165) is 33.3 Å². The number of rotatable bonds is 5. The number of hydrazone groups is 1. The van der Waals surface area contributed by atoms with Gasteiger partial charge in [0.1, 0.15) is 0 Å². The predicted octanol–water partition coefficient (Wildman–Crippen LogP) is 5.12. The lowest BCUT2D eigenvalue weighted by molar-refractivity contribution is -0.384. The number of H-pyrrole nitrogens is 1. The highest BCUT2D eigenvalue weighted by Gasteiger charge is 2.68. The molecule has 2 amide bonds. The Hall–Kier alpha value is -5.64. The number of anilines is 2. The highest BCUT2D eigenvalue weighted by atomic mass is 16.6. The zero-order valence-electron chi connectivity index (χ0n) is 22.0. The van der Waals surface area contributed by atoms with Crippen LogP contribution in [0.5, 0.6) is 0 Å². The molecule has 0 spiro atoms. The van der Waals surface area contributed by atoms with E-state index in [1.165, 1.54) is 29.2 Å². The highest BCUT2D eigenvalue weighted by molar-refractivity contribution is 6.25. The van der Waals surface area contributed by atoms with Crippen molar-refractivity contribution in [2.75, 3.05) is 10.3 Å². The van der Waals surface area contributed by atoms with Gasteiger partial charge in [0.05, 0.1) is 38.9 Å². The van der Waals surface area contributed by atoms with E-state index < -0.39 is 22.2 Å². The zero-order chi connectivity index (χ0) is 28.6. The molecule has 2 bridgehead atoms. The van der Waals surface area contributed by atoms with Gasteiger partial charge in [-0.1, -0.05) is 60.7 Å². The van der Waals surface area contributed by atoms with E-state index in [2.05, 4.69) is 20.5 Å². The van der Waals surface area contributed by atoms with Crippen LogP contribution < -0.4 is 10.3 Å². The molecule has 1 fully saturated rings. The molecule has 2 unspecified atom stereocenters. The van der Waals surface area contributed by atoms with Crippen LogP contribution in [-0.2, 0) is 15.0 Å². The van der Waals surface area contributed by atoms with Gasteiger partial charge in [-0.25, -0.2) is 15.3 Å². The minimum absolute atomic E-state index is 0.115. The summed E-state index contributed by atoms with van der Waals surface area (Å²) < 4.78 is 0. The number of non-ortho nitro benzene ring substituents is 1. The Morgan fingerprint density at radius 2 is 1.52 bits per heavy atom. The Kier molecular flexibility index (Phi) is 5.00. The number of nitro benzene ring substituents is 1. The fourth-order valence-corrected chi connectivity index (χ4v) is 7.23. The molecule has 0 radical (unpaired) electrons. The maximum atomic E-state index is 14.4. The molecule has 2 atom stereocenters. The summed E-state index contributed by atoms with van der Waals surface area (Å²) in [7, 11) is 0. The second-order valence-corrected chi connectivity index (χ2v) is 10.8. The molecule has 4 aromatic carbocycles. The van der Waals surface area contributed by atoms with Gasteiger partial charge >= 0.3 is 0 Å². The summed E-state index contributed by atoms with van der Waals surface area (Å²) in [4.78, 5) is 48.3. The second kappa shape index (κ2) is 8.68. The van der Waals surface area contributed by atoms with Crippen LogP contribution in [0.15, 0.2) is 102 Å². The van der Waals surface area contributed by atoms with Gasteiger partial charge in [0.2, 0.25) is 17.8 Å². The summed E-state index contributed by atoms with van der Waals surface area (Å²) in [5.74, 6) is -1.99. The second-order valence-electron chi connectivity index (χ2n) is 10.8. The largest absolute Gasteiger partial charge is 0.323 e. The van der Waals surface area contributed by atoms with E-state index in [1.54, 1.807) is 6.21 Å². The van der Waals surface area contributed by atoms with Crippen molar-refractivity contribution in [3.05, 3.63) is 129 Å². The first kappa shape index (κ1) is 24.2. The molecule has 3 aliphatic carbocycles. The lowest BCUT2D eigenvalue weighted by Gasteiger charge is -2.52. The van der Waals surface area contributed by atoms with Gasteiger partial charge in [0, 0.05) is 24.3 Å². The summed E-state index contributed by atoms with van der Waals surface area (Å²) in [5, 5.41) is 15.9. The van der Waals surface area contributed by atoms with E-state index in [9.17, 15) is 19.7 Å². The smallest absolute Gasteiger partial charge is 0.269 e. The SMILES string of the molecule is O=C1C2C3c4ccccc4C(/C=N/Nc4nc5ccccc5[nH]4)(c4ccccc43)C2C(=O)N1c1ccc([N+](=O)[O-])cc1. The Bertz CT molecular complexity index is 1900. The molecular weight excluding hydrogens is 532 g/mol. The van der Waals surface area contributed by atoms with Crippen LogP contribution in [0.4, 0.5) is 17.3 Å². The van der Waals surface area contributed by atoms with Crippen LogP contribution in [0.25, 0.3) is 11.0 Å². The van der Waals surface area contributed by atoms with Crippen LogP contribution >= 0.6 is 0 Å². The number of aromatic nitrogens is 2. The van der Waals surface area contributed by atoms with E-state index in [1.807, 2.05) is 72.8 Å². The highest BCUT2D eigenvalue weighted by Crippen LogP contribution is 2.63. The minimum Gasteiger partial charge on any atom is -0.323 e. The Morgan fingerprint density at radius 1 is 0.881 bits per heavy atom. The molecule has 4 aliphatic rings. The van der Waals surface area contributed by atoms with Gasteiger partial charge in [-0.2, -0.15) is 5.10 Å². The molecule has 10 nitrogen and oxygen atoms in total. The number of nitrogens with one attached hydrogen (secondary N) is 2. The summed E-state index contributed by atoms with van der Waals surface area (Å²) in [5.41, 5.74) is 7.64. The maximum Gasteiger partial charge on any atom is 0.269 e. The lowest BCUT2D eigenvalue weighted by atomic mass is 9.47. The number of para-hydroxylation sites is 2. The molecule has 204 valence electrons. The van der Waals surface area contributed by atoms with Crippen LogP contribution in [0.2, 0.25) is 0 Å². The van der Waals surface area contributed by atoms with E-state index in [0.29, 0.717) is 11.6 Å². The first-order valence-electron chi connectivity index (χ1n) is 13.5. The number of hydrogen-bond acceptors (Lipinski definition) is 7. The fraction of sp³-hybridized carbons (Fsp3) is 0.125. The number of benzene rings is 4. The van der Waals surface area contributed by atoms with Gasteiger partial charge in [-0.3, -0.25) is 19.7 Å². The Labute approximate surface area is 238 Å². The fourth-order valence-electron chi connectivity index (χ4n) is 7.23. The number of aromatic amines is 1. The van der Waals surface area contributed by atoms with Crippen molar-refractivity contribution in [3.8, 4) is 0 Å². The summed E-state index contributed by atoms with van der Waals surface area (Å²) in [6.07, 6.45) is 1.75. The zero-order valence-corrected chi connectivity index (χ0v) is 22.0. The number of imidazole rings is 1. The maximum absolute atomic E-state index is 14.4. The molecule has 9 rings (SSSR count). The standard InChI is InChI=1S/C32H22N6O4/c39-29-27-26-20-7-1-3-9-22(20)32(23-10-4-2-8-21(23)26,17-33-36-31-34-24-11-5-6-12-25(24)35-31)28(27)30(40)37(29)18-13-15-19(16-14-18)38(41)42/h1-17,26-28H,(H2,34,35,36)/b33-17+. The van der Waals surface area contributed by atoms with Gasteiger partial charge in [0.25, 0.3) is 5.69 Å². The number of carbonyl (C=O) groups excluding carboxylic acids is 2. The molecular formula is C32H22N6O4. The Balaban J connectivity index is 1.29. The number of imide groups is 1. The number of hydrogen-bond donors (Lipinski definition) is 2. The van der Waals surface area contributed by atoms with Gasteiger partial charge < -0.3 is 4.98 Å². The average molecular weight is 555 g/mol. The Morgan fingerprint density at radius 3 is 2.19 bits per heavy atom. The van der Waals surface area contributed by atoms with Crippen molar-refractivity contribution in [3.63, 3.8) is 0 Å². The number of amides is 2. The van der Waals surface area contributed by atoms with Crippen molar-refractivity contribution in [1.82, 2.24) is 9.97 Å². The number of fused-ring (bicyclic) bond motifs is 1. The van der Waals surface area contributed by atoms with E-state index in [-0.39, 0.29) is 23.4 Å². The molecule has 5 aromatic rings. The van der Waals surface area contributed by atoms with Crippen molar-refractivity contribution in [2.45, 2.75) is 11.3 Å². The number of nitro groups is 1. The third-order valence-corrected chi connectivity index (χ3v) is 8.83. The molecule has 1 saturated heterocycles. The number of carbonyl (C=O) groups is 2. The molecule has 1 aromatic heterocycles. The number of nitrogens with zero attached hydrogens (tertiary/aromatic N) is 4. The summed E-state index contributed by atoms with van der Waals surface area (Å²) in [6, 6.07) is 29.0. The van der Waals surface area contributed by atoms with Crippen molar-refractivity contribution >= 4 is 46.4 Å². The van der Waals surface area contributed by atoms with E-state index >= 15 is 0 Å². The molecule has 0 saturated carbocycles. The quantitative estimate of drug-likeness (QED) is 0.134. The van der Waals surface area contributed by atoms with E-state index in [4.69, 9.17) is 0 Å². The van der Waals surface area contributed by atoms with Crippen molar-refractivity contribution in [1.29, 1.82) is 0 Å². The average Bonchev–Trinajstić information content (AvgIpc) is 3.55. The summed E-state index contributed by atoms with van der Waals surface area (Å²) >= 11 is 0. The van der Waals surface area contributed by atoms with Crippen LogP contribution in [0.3, 0.4) is 0 Å². The van der Waals surface area contributed by atoms with Gasteiger partial charge in [0.15, 0.2) is 0 Å². The molecule has 2 N–H and O–H groups in total. The molecule has 1 aliphatic heterocycles. The van der Waals surface area contributed by atoms with Crippen LogP contribution in [0, 0.1) is 22.0 Å². The third kappa shape index (κ3) is 3.14. The first-order chi connectivity index (χ1) is 20.5. The third-order valence-electron chi connectivity index (χ3n) is 8.83. The van der Waals surface area contributed by atoms with Crippen LogP contribution in [0.1, 0.15) is 28.2 Å². The molecule has 10 heteroatoms. The first-order valence-corrected chi connectivity index (χ1v) is 13.5. The minimum atomic E-state index is -1.05.